The van der Waals surface area contributed by atoms with Gasteiger partial charge in [-0.15, -0.1) is 24.2 Å². The van der Waals surface area contributed by atoms with Gasteiger partial charge in [0.1, 0.15) is 5.82 Å². The van der Waals surface area contributed by atoms with E-state index in [9.17, 15) is 4.39 Å². The van der Waals surface area contributed by atoms with Crippen molar-refractivity contribution in [3.63, 3.8) is 0 Å². The van der Waals surface area contributed by atoms with E-state index in [-0.39, 0.29) is 18.2 Å². The molecule has 3 rings (SSSR count). The Balaban J connectivity index is 0.00000225. The normalized spacial score (nSPS) is 15.8. The van der Waals surface area contributed by atoms with Crippen molar-refractivity contribution in [3.8, 4) is 0 Å². The van der Waals surface area contributed by atoms with Gasteiger partial charge in [-0.1, -0.05) is 35.9 Å². The van der Waals surface area contributed by atoms with Gasteiger partial charge in [0.2, 0.25) is 0 Å². The van der Waals surface area contributed by atoms with Crippen LogP contribution in [0.1, 0.15) is 29.5 Å². The van der Waals surface area contributed by atoms with Gasteiger partial charge in [0, 0.05) is 16.7 Å². The molecule has 1 fully saturated rings. The summed E-state index contributed by atoms with van der Waals surface area (Å²) < 4.78 is 13.7. The van der Waals surface area contributed by atoms with Crippen molar-refractivity contribution in [2.75, 3.05) is 19.6 Å². The van der Waals surface area contributed by atoms with Crippen LogP contribution in [-0.4, -0.2) is 29.8 Å². The summed E-state index contributed by atoms with van der Waals surface area (Å²) in [6, 6.07) is 13.9. The first-order chi connectivity index (χ1) is 11.6. The molecule has 1 aliphatic heterocycles. The molecule has 0 saturated carbocycles. The second-order valence-corrected chi connectivity index (χ2v) is 8.11. The van der Waals surface area contributed by atoms with Gasteiger partial charge in [-0.25, -0.2) is 4.39 Å². The number of likely N-dealkylation sites (tertiary alicyclic amines) is 1. The highest BCUT2D eigenvalue weighted by Crippen LogP contribution is 2.32. The van der Waals surface area contributed by atoms with E-state index < -0.39 is 0 Å². The molecule has 0 atom stereocenters. The SMILES string of the molecule is Cc1ccc(SC2CCN(CCc3ccccc3F)CC2)c(C)c1.Cl. The van der Waals surface area contributed by atoms with E-state index in [0.717, 1.165) is 31.6 Å². The number of rotatable bonds is 5. The summed E-state index contributed by atoms with van der Waals surface area (Å²) in [7, 11) is 0. The summed E-state index contributed by atoms with van der Waals surface area (Å²) in [5, 5.41) is 0.705. The van der Waals surface area contributed by atoms with Crippen LogP contribution in [-0.2, 0) is 6.42 Å². The van der Waals surface area contributed by atoms with Gasteiger partial charge in [0.25, 0.3) is 0 Å². The Labute approximate surface area is 161 Å². The van der Waals surface area contributed by atoms with E-state index in [1.807, 2.05) is 23.9 Å². The van der Waals surface area contributed by atoms with E-state index >= 15 is 0 Å². The lowest BCUT2D eigenvalue weighted by Gasteiger charge is -2.32. The summed E-state index contributed by atoms with van der Waals surface area (Å²) >= 11 is 2.03. The minimum absolute atomic E-state index is 0. The van der Waals surface area contributed by atoms with Crippen molar-refractivity contribution in [1.29, 1.82) is 0 Å². The molecule has 2 aromatic carbocycles. The maximum atomic E-state index is 13.7. The van der Waals surface area contributed by atoms with Gasteiger partial charge in [-0.3, -0.25) is 0 Å². The number of hydrogen-bond acceptors (Lipinski definition) is 2. The summed E-state index contributed by atoms with van der Waals surface area (Å²) in [4.78, 5) is 3.90. The fourth-order valence-corrected chi connectivity index (χ4v) is 4.54. The standard InChI is InChI=1S/C21H26FNS.ClH/c1-16-7-8-21(17(2)15-16)24-19-10-13-23(14-11-19)12-9-18-5-3-4-6-20(18)22;/h3-8,15,19H,9-14H2,1-2H3;1H. The van der Waals surface area contributed by atoms with Gasteiger partial charge in [-0.05, 0) is 69.5 Å². The first-order valence-corrected chi connectivity index (χ1v) is 9.69. The quantitative estimate of drug-likeness (QED) is 0.659. The Morgan fingerprint density at radius 3 is 2.48 bits per heavy atom. The highest BCUT2D eigenvalue weighted by molar-refractivity contribution is 8.00. The van der Waals surface area contributed by atoms with E-state index in [0.29, 0.717) is 5.25 Å². The van der Waals surface area contributed by atoms with Crippen molar-refractivity contribution in [3.05, 3.63) is 65.0 Å². The predicted molar refractivity (Wildman–Crippen MR) is 109 cm³/mol. The second-order valence-electron chi connectivity index (χ2n) is 6.77. The topological polar surface area (TPSA) is 3.24 Å². The Morgan fingerprint density at radius 1 is 1.08 bits per heavy atom. The molecule has 2 aromatic rings. The van der Waals surface area contributed by atoms with Crippen LogP contribution in [0, 0.1) is 19.7 Å². The largest absolute Gasteiger partial charge is 0.303 e. The smallest absolute Gasteiger partial charge is 0.126 e. The molecule has 1 nitrogen and oxygen atoms in total. The summed E-state index contributed by atoms with van der Waals surface area (Å²) in [5.74, 6) is -0.0715. The third kappa shape index (κ3) is 5.73. The molecule has 1 saturated heterocycles. The van der Waals surface area contributed by atoms with E-state index in [1.54, 1.807) is 12.1 Å². The summed E-state index contributed by atoms with van der Waals surface area (Å²) in [6.07, 6.45) is 3.24. The molecular weight excluding hydrogens is 353 g/mol. The molecule has 25 heavy (non-hydrogen) atoms. The Kier molecular flexibility index (Phi) is 7.80. The van der Waals surface area contributed by atoms with Crippen LogP contribution in [0.25, 0.3) is 0 Å². The van der Waals surface area contributed by atoms with Crippen LogP contribution in [0.15, 0.2) is 47.4 Å². The van der Waals surface area contributed by atoms with Crippen molar-refractivity contribution >= 4 is 24.2 Å². The zero-order chi connectivity index (χ0) is 16.9. The van der Waals surface area contributed by atoms with Crippen LogP contribution >= 0.6 is 24.2 Å². The van der Waals surface area contributed by atoms with Crippen LogP contribution in [0.5, 0.6) is 0 Å². The van der Waals surface area contributed by atoms with Gasteiger partial charge in [-0.2, -0.15) is 0 Å². The molecule has 0 bridgehead atoms. The molecule has 136 valence electrons. The zero-order valence-corrected chi connectivity index (χ0v) is 16.6. The van der Waals surface area contributed by atoms with Crippen molar-refractivity contribution in [2.45, 2.75) is 43.3 Å². The monoisotopic (exact) mass is 379 g/mol. The molecule has 4 heteroatoms. The van der Waals surface area contributed by atoms with Gasteiger partial charge < -0.3 is 4.90 Å². The Hall–Kier alpha value is -1.03. The second kappa shape index (κ2) is 9.61. The van der Waals surface area contributed by atoms with Crippen molar-refractivity contribution in [2.24, 2.45) is 0 Å². The molecule has 0 aromatic heterocycles. The minimum Gasteiger partial charge on any atom is -0.303 e. The average Bonchev–Trinajstić information content (AvgIpc) is 2.58. The molecule has 0 N–H and O–H groups in total. The van der Waals surface area contributed by atoms with E-state index in [1.165, 1.54) is 28.9 Å². The van der Waals surface area contributed by atoms with Crippen LogP contribution < -0.4 is 0 Å². The summed E-state index contributed by atoms with van der Waals surface area (Å²) in [5.41, 5.74) is 3.56. The predicted octanol–water partition coefficient (Wildman–Crippen LogP) is 5.66. The molecule has 1 heterocycles. The van der Waals surface area contributed by atoms with Gasteiger partial charge in [0.15, 0.2) is 0 Å². The minimum atomic E-state index is -0.0715. The fourth-order valence-electron chi connectivity index (χ4n) is 3.34. The molecule has 0 aliphatic carbocycles. The Bertz CT molecular complexity index is 683. The number of aryl methyl sites for hydroxylation is 2. The lowest BCUT2D eigenvalue weighted by molar-refractivity contribution is 0.235. The summed E-state index contributed by atoms with van der Waals surface area (Å²) in [6.45, 7) is 7.56. The molecular formula is C21H27ClFNS. The number of halogens is 2. The highest BCUT2D eigenvalue weighted by atomic mass is 35.5. The molecule has 0 amide bonds. The third-order valence-electron chi connectivity index (χ3n) is 4.81. The maximum absolute atomic E-state index is 13.7. The van der Waals surface area contributed by atoms with E-state index in [4.69, 9.17) is 0 Å². The highest BCUT2D eigenvalue weighted by Gasteiger charge is 2.20. The molecule has 0 unspecified atom stereocenters. The average molecular weight is 380 g/mol. The number of hydrogen-bond donors (Lipinski definition) is 0. The first kappa shape index (κ1) is 20.3. The number of nitrogens with zero attached hydrogens (tertiary/aromatic N) is 1. The lowest BCUT2D eigenvalue weighted by atomic mass is 10.1. The number of thioether (sulfide) groups is 1. The van der Waals surface area contributed by atoms with Crippen LogP contribution in [0.3, 0.4) is 0 Å². The number of benzene rings is 2. The number of piperidine rings is 1. The first-order valence-electron chi connectivity index (χ1n) is 8.81. The molecule has 0 radical (unpaired) electrons. The van der Waals surface area contributed by atoms with Gasteiger partial charge in [0.05, 0.1) is 0 Å². The zero-order valence-electron chi connectivity index (χ0n) is 15.0. The van der Waals surface area contributed by atoms with Crippen molar-refractivity contribution < 1.29 is 4.39 Å². The lowest BCUT2D eigenvalue weighted by Crippen LogP contribution is -2.36. The van der Waals surface area contributed by atoms with Crippen molar-refractivity contribution in [1.82, 2.24) is 4.90 Å². The fraction of sp³-hybridized carbons (Fsp3) is 0.429. The maximum Gasteiger partial charge on any atom is 0.126 e. The van der Waals surface area contributed by atoms with E-state index in [2.05, 4.69) is 36.9 Å². The van der Waals surface area contributed by atoms with Crippen LogP contribution in [0.4, 0.5) is 4.39 Å². The molecule has 1 aliphatic rings. The third-order valence-corrected chi connectivity index (χ3v) is 6.33. The Morgan fingerprint density at radius 2 is 1.80 bits per heavy atom. The van der Waals surface area contributed by atoms with Gasteiger partial charge >= 0.3 is 0 Å². The van der Waals surface area contributed by atoms with Crippen LogP contribution in [0.2, 0.25) is 0 Å². The molecule has 0 spiro atoms.